The van der Waals surface area contributed by atoms with Crippen LogP contribution in [0, 0.1) is 0 Å². The predicted octanol–water partition coefficient (Wildman–Crippen LogP) is 2.46. The van der Waals surface area contributed by atoms with Crippen LogP contribution in [0.3, 0.4) is 0 Å². The summed E-state index contributed by atoms with van der Waals surface area (Å²) in [6.07, 6.45) is 1.71. The van der Waals surface area contributed by atoms with Crippen LogP contribution in [-0.4, -0.2) is 23.7 Å². The molecule has 0 aromatic heterocycles. The number of carbonyl (C=O) groups is 1. The van der Waals surface area contributed by atoms with E-state index in [1.54, 1.807) is 6.92 Å². The molecule has 2 atom stereocenters. The Labute approximate surface area is 109 Å². The van der Waals surface area contributed by atoms with E-state index in [1.807, 2.05) is 18.2 Å². The molecule has 1 aromatic carbocycles. The third-order valence-corrected chi connectivity index (χ3v) is 3.08. The van der Waals surface area contributed by atoms with E-state index in [9.17, 15) is 4.79 Å². The molecule has 0 aliphatic rings. The van der Waals surface area contributed by atoms with Crippen molar-refractivity contribution in [2.24, 2.45) is 0 Å². The van der Waals surface area contributed by atoms with Gasteiger partial charge >= 0.3 is 0 Å². The van der Waals surface area contributed by atoms with Gasteiger partial charge in [0.1, 0.15) is 0 Å². The van der Waals surface area contributed by atoms with Gasteiger partial charge in [-0.05, 0) is 31.2 Å². The van der Waals surface area contributed by atoms with Gasteiger partial charge in [0.05, 0.1) is 6.10 Å². The van der Waals surface area contributed by atoms with E-state index in [4.69, 9.17) is 5.11 Å². The third-order valence-electron chi connectivity index (χ3n) is 3.08. The number of aliphatic hydroxyl groups is 1. The molecule has 100 valence electrons. The minimum atomic E-state index is -0.360. The zero-order valence-electron chi connectivity index (χ0n) is 11.2. The fourth-order valence-corrected chi connectivity index (χ4v) is 1.94. The topological polar surface area (TPSA) is 49.3 Å². The van der Waals surface area contributed by atoms with Gasteiger partial charge in [-0.15, -0.1) is 0 Å². The minimum absolute atomic E-state index is 0.0614. The summed E-state index contributed by atoms with van der Waals surface area (Å²) in [4.78, 5) is 11.8. The third kappa shape index (κ3) is 5.32. The van der Waals surface area contributed by atoms with Crippen molar-refractivity contribution >= 4 is 5.91 Å². The number of aliphatic hydroxyl groups excluding tert-OH is 1. The first-order chi connectivity index (χ1) is 8.63. The molecule has 1 amide bonds. The Bertz CT molecular complexity index is 349. The molecule has 1 aromatic rings. The molecular weight excluding hydrogens is 226 g/mol. The first-order valence-electron chi connectivity index (χ1n) is 6.63. The van der Waals surface area contributed by atoms with Crippen LogP contribution < -0.4 is 5.32 Å². The van der Waals surface area contributed by atoms with Crippen molar-refractivity contribution in [3.8, 4) is 0 Å². The Morgan fingerprint density at radius 2 is 2.00 bits per heavy atom. The monoisotopic (exact) mass is 249 g/mol. The molecule has 0 saturated heterocycles. The lowest BCUT2D eigenvalue weighted by atomic mass is 9.93. The Morgan fingerprint density at radius 1 is 1.33 bits per heavy atom. The molecule has 0 aliphatic carbocycles. The maximum absolute atomic E-state index is 11.8. The highest BCUT2D eigenvalue weighted by Gasteiger charge is 2.13. The SMILES string of the molecule is CCC(CC(=O)NCCC(C)O)c1ccccc1. The summed E-state index contributed by atoms with van der Waals surface area (Å²) in [6.45, 7) is 4.37. The van der Waals surface area contributed by atoms with Crippen LogP contribution in [0.2, 0.25) is 0 Å². The molecule has 0 fully saturated rings. The Kier molecular flexibility index (Phi) is 6.44. The van der Waals surface area contributed by atoms with Gasteiger partial charge in [0.2, 0.25) is 5.91 Å². The zero-order chi connectivity index (χ0) is 13.4. The van der Waals surface area contributed by atoms with Gasteiger partial charge in [-0.2, -0.15) is 0 Å². The van der Waals surface area contributed by atoms with Crippen molar-refractivity contribution in [3.63, 3.8) is 0 Å². The highest BCUT2D eigenvalue weighted by atomic mass is 16.3. The molecule has 2 unspecified atom stereocenters. The first-order valence-corrected chi connectivity index (χ1v) is 6.63. The van der Waals surface area contributed by atoms with Crippen LogP contribution in [-0.2, 0) is 4.79 Å². The largest absolute Gasteiger partial charge is 0.393 e. The van der Waals surface area contributed by atoms with Crippen LogP contribution in [0.25, 0.3) is 0 Å². The van der Waals surface area contributed by atoms with Crippen molar-refractivity contribution < 1.29 is 9.90 Å². The average Bonchev–Trinajstić information content (AvgIpc) is 2.36. The lowest BCUT2D eigenvalue weighted by Crippen LogP contribution is -2.27. The highest BCUT2D eigenvalue weighted by Crippen LogP contribution is 2.22. The number of benzene rings is 1. The van der Waals surface area contributed by atoms with E-state index in [-0.39, 0.29) is 17.9 Å². The number of amides is 1. The van der Waals surface area contributed by atoms with Crippen molar-refractivity contribution in [2.45, 2.75) is 45.1 Å². The number of hydrogen-bond donors (Lipinski definition) is 2. The van der Waals surface area contributed by atoms with Gasteiger partial charge in [0.15, 0.2) is 0 Å². The maximum atomic E-state index is 11.8. The van der Waals surface area contributed by atoms with Gasteiger partial charge in [-0.3, -0.25) is 4.79 Å². The molecule has 0 spiro atoms. The van der Waals surface area contributed by atoms with Crippen molar-refractivity contribution in [3.05, 3.63) is 35.9 Å². The number of hydrogen-bond acceptors (Lipinski definition) is 2. The van der Waals surface area contributed by atoms with E-state index < -0.39 is 0 Å². The standard InChI is InChI=1S/C15H23NO2/c1-3-13(14-7-5-4-6-8-14)11-15(18)16-10-9-12(2)17/h4-8,12-13,17H,3,9-11H2,1-2H3,(H,16,18). The van der Waals surface area contributed by atoms with E-state index >= 15 is 0 Å². The molecule has 0 bridgehead atoms. The maximum Gasteiger partial charge on any atom is 0.220 e. The van der Waals surface area contributed by atoms with Crippen LogP contribution in [0.4, 0.5) is 0 Å². The van der Waals surface area contributed by atoms with Gasteiger partial charge in [0.25, 0.3) is 0 Å². The van der Waals surface area contributed by atoms with Crippen molar-refractivity contribution in [2.75, 3.05) is 6.54 Å². The Hall–Kier alpha value is -1.35. The number of nitrogens with one attached hydrogen (secondary N) is 1. The summed E-state index contributed by atoms with van der Waals surface area (Å²) in [5.74, 6) is 0.337. The lowest BCUT2D eigenvalue weighted by molar-refractivity contribution is -0.121. The molecular formula is C15H23NO2. The van der Waals surface area contributed by atoms with Crippen molar-refractivity contribution in [1.82, 2.24) is 5.32 Å². The second-order valence-electron chi connectivity index (χ2n) is 4.71. The lowest BCUT2D eigenvalue weighted by Gasteiger charge is -2.15. The predicted molar refractivity (Wildman–Crippen MR) is 73.4 cm³/mol. The average molecular weight is 249 g/mol. The van der Waals surface area contributed by atoms with E-state index in [2.05, 4.69) is 24.4 Å². The second-order valence-corrected chi connectivity index (χ2v) is 4.71. The van der Waals surface area contributed by atoms with E-state index in [0.29, 0.717) is 19.4 Å². The Morgan fingerprint density at radius 3 is 2.56 bits per heavy atom. The number of rotatable bonds is 7. The minimum Gasteiger partial charge on any atom is -0.393 e. The normalized spacial score (nSPS) is 13.9. The van der Waals surface area contributed by atoms with E-state index in [1.165, 1.54) is 5.56 Å². The summed E-state index contributed by atoms with van der Waals surface area (Å²) in [7, 11) is 0. The highest BCUT2D eigenvalue weighted by molar-refractivity contribution is 5.76. The van der Waals surface area contributed by atoms with Gasteiger partial charge in [-0.1, -0.05) is 37.3 Å². The molecule has 0 saturated carbocycles. The summed E-state index contributed by atoms with van der Waals surface area (Å²) in [6, 6.07) is 10.1. The smallest absolute Gasteiger partial charge is 0.220 e. The molecule has 0 radical (unpaired) electrons. The van der Waals surface area contributed by atoms with Crippen LogP contribution in [0.15, 0.2) is 30.3 Å². The fraction of sp³-hybridized carbons (Fsp3) is 0.533. The summed E-state index contributed by atoms with van der Waals surface area (Å²) in [5.41, 5.74) is 1.21. The van der Waals surface area contributed by atoms with Crippen LogP contribution in [0.5, 0.6) is 0 Å². The molecule has 1 rings (SSSR count). The summed E-state index contributed by atoms with van der Waals surface area (Å²) < 4.78 is 0. The molecule has 18 heavy (non-hydrogen) atoms. The quantitative estimate of drug-likeness (QED) is 0.780. The molecule has 3 nitrogen and oxygen atoms in total. The molecule has 0 heterocycles. The number of carbonyl (C=O) groups excluding carboxylic acids is 1. The molecule has 0 aliphatic heterocycles. The molecule has 2 N–H and O–H groups in total. The van der Waals surface area contributed by atoms with Gasteiger partial charge in [-0.25, -0.2) is 0 Å². The van der Waals surface area contributed by atoms with Crippen molar-refractivity contribution in [1.29, 1.82) is 0 Å². The molecule has 3 heteroatoms. The van der Waals surface area contributed by atoms with Crippen LogP contribution >= 0.6 is 0 Å². The summed E-state index contributed by atoms with van der Waals surface area (Å²) >= 11 is 0. The first kappa shape index (κ1) is 14.7. The summed E-state index contributed by atoms with van der Waals surface area (Å²) in [5, 5.41) is 12.0. The van der Waals surface area contributed by atoms with Crippen LogP contribution in [0.1, 0.15) is 44.6 Å². The van der Waals surface area contributed by atoms with Gasteiger partial charge in [0, 0.05) is 13.0 Å². The van der Waals surface area contributed by atoms with Gasteiger partial charge < -0.3 is 10.4 Å². The fourth-order valence-electron chi connectivity index (χ4n) is 1.94. The second kappa shape index (κ2) is 7.88. The Balaban J connectivity index is 2.41. The van der Waals surface area contributed by atoms with E-state index in [0.717, 1.165) is 6.42 Å². The zero-order valence-corrected chi connectivity index (χ0v) is 11.2.